The molecule has 8 heteroatoms. The molecule has 1 aliphatic heterocycles. The maximum atomic E-state index is 14.2. The molecule has 214 valence electrons. The van der Waals surface area contributed by atoms with E-state index in [4.69, 9.17) is 9.47 Å². The molecule has 1 atom stereocenters. The first-order chi connectivity index (χ1) is 19.2. The van der Waals surface area contributed by atoms with Gasteiger partial charge in [0, 0.05) is 16.5 Å². The van der Waals surface area contributed by atoms with Crippen molar-refractivity contribution >= 4 is 37.6 Å². The molecule has 1 unspecified atom stereocenters. The second kappa shape index (κ2) is 13.2. The smallest absolute Gasteiger partial charge is 0.305 e. The number of unbranched alkanes of at least 4 members (excludes halogenated alkanes) is 4. The molecule has 0 amide bonds. The summed E-state index contributed by atoms with van der Waals surface area (Å²) in [6.07, 6.45) is 6.16. The molecule has 3 aromatic rings. The fourth-order valence-corrected chi connectivity index (χ4v) is 7.82. The molecule has 1 aliphatic rings. The van der Waals surface area contributed by atoms with Gasteiger partial charge in [-0.2, -0.15) is 0 Å². The molecule has 0 radical (unpaired) electrons. The van der Waals surface area contributed by atoms with Crippen LogP contribution in [-0.2, 0) is 26.0 Å². The maximum Gasteiger partial charge on any atom is 0.305 e. The number of sulfonamides is 1. The van der Waals surface area contributed by atoms with Crippen LogP contribution in [0.2, 0.25) is 0 Å². The average Bonchev–Trinajstić information content (AvgIpc) is 2.93. The Morgan fingerprint density at radius 2 is 1.73 bits per heavy atom. The summed E-state index contributed by atoms with van der Waals surface area (Å²) in [6, 6.07) is 16.6. The van der Waals surface area contributed by atoms with E-state index in [0.29, 0.717) is 24.5 Å². The Morgan fingerprint density at radius 3 is 2.45 bits per heavy atom. The summed E-state index contributed by atoms with van der Waals surface area (Å²) in [6.45, 7) is 6.06. The van der Waals surface area contributed by atoms with E-state index < -0.39 is 10.0 Å². The topological polar surface area (TPSA) is 72.9 Å². The van der Waals surface area contributed by atoms with Crippen LogP contribution >= 0.6 is 15.9 Å². The first-order valence-corrected chi connectivity index (χ1v) is 16.2. The number of anilines is 1. The molecular weight excluding hydrogens is 590 g/mol. The summed E-state index contributed by atoms with van der Waals surface area (Å²) < 4.78 is 41.4. The quantitative estimate of drug-likeness (QED) is 0.150. The number of halogens is 1. The average molecular weight is 629 g/mol. The molecule has 1 heterocycles. The Hall–Kier alpha value is -2.84. The lowest BCUT2D eigenvalue weighted by molar-refractivity contribution is -0.143. The third kappa shape index (κ3) is 6.23. The fourth-order valence-electron chi connectivity index (χ4n) is 5.56. The van der Waals surface area contributed by atoms with E-state index in [1.165, 1.54) is 0 Å². The van der Waals surface area contributed by atoms with Gasteiger partial charge in [-0.15, -0.1) is 0 Å². The second-order valence-corrected chi connectivity index (χ2v) is 12.9. The minimum atomic E-state index is -3.87. The molecule has 40 heavy (non-hydrogen) atoms. The van der Waals surface area contributed by atoms with Gasteiger partial charge in [0.2, 0.25) is 0 Å². The number of hydrogen-bond acceptors (Lipinski definition) is 5. The summed E-state index contributed by atoms with van der Waals surface area (Å²) in [7, 11) is -2.28. The van der Waals surface area contributed by atoms with Crippen LogP contribution in [0.4, 0.5) is 5.69 Å². The third-order valence-electron chi connectivity index (χ3n) is 7.54. The number of hydrogen-bond donors (Lipinski definition) is 0. The van der Waals surface area contributed by atoms with Gasteiger partial charge in [0.1, 0.15) is 5.75 Å². The zero-order valence-electron chi connectivity index (χ0n) is 23.7. The molecule has 0 aliphatic carbocycles. The fraction of sp³-hybridized carbons (Fsp3) is 0.406. The third-order valence-corrected chi connectivity index (χ3v) is 10.2. The van der Waals surface area contributed by atoms with Gasteiger partial charge in [-0.3, -0.25) is 9.10 Å². The predicted molar refractivity (Wildman–Crippen MR) is 163 cm³/mol. The van der Waals surface area contributed by atoms with Crippen LogP contribution in [0, 0.1) is 6.92 Å². The summed E-state index contributed by atoms with van der Waals surface area (Å²) in [5.41, 5.74) is 5.63. The lowest BCUT2D eigenvalue weighted by Gasteiger charge is -2.38. The van der Waals surface area contributed by atoms with E-state index in [9.17, 15) is 13.2 Å². The van der Waals surface area contributed by atoms with E-state index in [0.717, 1.165) is 70.8 Å². The van der Waals surface area contributed by atoms with Crippen molar-refractivity contribution < 1.29 is 22.7 Å². The van der Waals surface area contributed by atoms with Crippen LogP contribution in [-0.4, -0.2) is 28.1 Å². The van der Waals surface area contributed by atoms with Crippen LogP contribution in [0.15, 0.2) is 64.0 Å². The summed E-state index contributed by atoms with van der Waals surface area (Å²) >= 11 is 3.77. The first kappa shape index (κ1) is 30.1. The summed E-state index contributed by atoms with van der Waals surface area (Å²) in [4.78, 5) is 11.8. The number of carbonyl (C=O) groups is 1. The van der Waals surface area contributed by atoms with Gasteiger partial charge < -0.3 is 9.47 Å². The van der Waals surface area contributed by atoms with Gasteiger partial charge in [0.25, 0.3) is 10.0 Å². The van der Waals surface area contributed by atoms with Crippen molar-refractivity contribution in [2.45, 2.75) is 76.7 Å². The maximum absolute atomic E-state index is 14.2. The Kier molecular flexibility index (Phi) is 9.95. The number of nitrogens with zero attached hydrogens (tertiary/aromatic N) is 1. The zero-order valence-corrected chi connectivity index (χ0v) is 26.1. The number of methoxy groups -OCH3 is 1. The molecule has 0 fully saturated rings. The number of ether oxygens (including phenoxy) is 2. The van der Waals surface area contributed by atoms with E-state index in [2.05, 4.69) is 22.0 Å². The minimum Gasteiger partial charge on any atom is -0.496 e. The number of esters is 1. The number of carbonyl (C=O) groups excluding carboxylic acids is 1. The summed E-state index contributed by atoms with van der Waals surface area (Å²) in [5, 5.41) is 0. The van der Waals surface area contributed by atoms with Crippen molar-refractivity contribution in [2.75, 3.05) is 18.0 Å². The van der Waals surface area contributed by atoms with Crippen LogP contribution in [0.5, 0.6) is 5.75 Å². The monoisotopic (exact) mass is 627 g/mol. The lowest BCUT2D eigenvalue weighted by atomic mass is 9.86. The van der Waals surface area contributed by atoms with Crippen molar-refractivity contribution in [3.05, 3.63) is 75.8 Å². The predicted octanol–water partition coefficient (Wildman–Crippen LogP) is 8.15. The molecule has 0 saturated heterocycles. The highest BCUT2D eigenvalue weighted by Gasteiger charge is 2.38. The molecular formula is C32H38BrNO5S. The van der Waals surface area contributed by atoms with Gasteiger partial charge in [0.15, 0.2) is 0 Å². The molecule has 4 rings (SSSR count). The number of rotatable bonds is 12. The van der Waals surface area contributed by atoms with E-state index in [1.807, 2.05) is 51.1 Å². The Bertz CT molecular complexity index is 1470. The molecule has 0 N–H and O–H groups in total. The summed E-state index contributed by atoms with van der Waals surface area (Å²) in [5.74, 6) is 0.531. The molecule has 3 aromatic carbocycles. The SMILES string of the molecule is CCOC(=O)CCCCCCCc1c(Br)ccc2c1-c1ccccc1C(C)N2S(=O)(=O)c1ccc(OC)c(C)c1. The molecule has 0 aromatic heterocycles. The van der Waals surface area contributed by atoms with Gasteiger partial charge in [-0.25, -0.2) is 8.42 Å². The second-order valence-electron chi connectivity index (χ2n) is 10.2. The van der Waals surface area contributed by atoms with Crippen LogP contribution in [0.25, 0.3) is 11.1 Å². The molecule has 6 nitrogen and oxygen atoms in total. The van der Waals surface area contributed by atoms with Crippen molar-refractivity contribution in [1.82, 2.24) is 0 Å². The van der Waals surface area contributed by atoms with Gasteiger partial charge in [0.05, 0.1) is 30.3 Å². The van der Waals surface area contributed by atoms with Crippen molar-refractivity contribution in [3.8, 4) is 16.9 Å². The highest BCUT2D eigenvalue weighted by Crippen LogP contribution is 2.50. The Balaban J connectivity index is 1.63. The van der Waals surface area contributed by atoms with Crippen LogP contribution < -0.4 is 9.04 Å². The number of aryl methyl sites for hydroxylation is 1. The minimum absolute atomic E-state index is 0.125. The van der Waals surface area contributed by atoms with Gasteiger partial charge in [-0.1, -0.05) is 59.5 Å². The standard InChI is InChI=1S/C32H38BrNO5S/c1-5-39-31(35)16-10-8-6-7-9-15-27-28(33)18-19-29-32(27)26-14-12-11-13-25(26)23(3)34(29)40(36,37)24-17-20-30(38-4)22(2)21-24/h11-14,17-21,23H,5-10,15-16H2,1-4H3. The number of benzene rings is 3. The molecule has 0 bridgehead atoms. The Labute approximate surface area is 246 Å². The Morgan fingerprint density at radius 1 is 1.00 bits per heavy atom. The van der Waals surface area contributed by atoms with Crippen LogP contribution in [0.3, 0.4) is 0 Å². The van der Waals surface area contributed by atoms with E-state index >= 15 is 0 Å². The lowest BCUT2D eigenvalue weighted by Crippen LogP contribution is -2.36. The van der Waals surface area contributed by atoms with Crippen molar-refractivity contribution in [1.29, 1.82) is 0 Å². The van der Waals surface area contributed by atoms with Crippen molar-refractivity contribution in [2.24, 2.45) is 0 Å². The normalized spacial score (nSPS) is 14.4. The first-order valence-electron chi connectivity index (χ1n) is 14.0. The molecule has 0 spiro atoms. The largest absolute Gasteiger partial charge is 0.496 e. The zero-order chi connectivity index (χ0) is 28.9. The van der Waals surface area contributed by atoms with Gasteiger partial charge in [-0.05, 0) is 92.6 Å². The van der Waals surface area contributed by atoms with Crippen molar-refractivity contribution in [3.63, 3.8) is 0 Å². The van der Waals surface area contributed by atoms with Crippen LogP contribution in [0.1, 0.15) is 75.1 Å². The molecule has 0 saturated carbocycles. The van der Waals surface area contributed by atoms with E-state index in [-0.39, 0.29) is 16.9 Å². The highest BCUT2D eigenvalue weighted by molar-refractivity contribution is 9.10. The highest BCUT2D eigenvalue weighted by atomic mass is 79.9. The van der Waals surface area contributed by atoms with E-state index in [1.54, 1.807) is 29.6 Å². The van der Waals surface area contributed by atoms with Gasteiger partial charge >= 0.3 is 5.97 Å². The number of fused-ring (bicyclic) bond motifs is 3.